The van der Waals surface area contributed by atoms with Crippen molar-refractivity contribution in [3.63, 3.8) is 0 Å². The van der Waals surface area contributed by atoms with Crippen LogP contribution in [0.5, 0.6) is 0 Å². The molecule has 1 fully saturated rings. The van der Waals surface area contributed by atoms with Crippen LogP contribution in [-0.2, 0) is 16.3 Å². The molecule has 1 saturated heterocycles. The minimum Gasteiger partial charge on any atom is -0.381 e. The zero-order valence-corrected chi connectivity index (χ0v) is 13.1. The van der Waals surface area contributed by atoms with E-state index in [1.54, 1.807) is 0 Å². The van der Waals surface area contributed by atoms with Crippen LogP contribution in [0.2, 0.25) is 0 Å². The summed E-state index contributed by atoms with van der Waals surface area (Å²) in [6.07, 6.45) is 6.61. The summed E-state index contributed by atoms with van der Waals surface area (Å²) < 4.78 is 23.2. The summed E-state index contributed by atoms with van der Waals surface area (Å²) in [7, 11) is -2.84. The second kappa shape index (κ2) is 7.11. The van der Waals surface area contributed by atoms with Crippen molar-refractivity contribution >= 4 is 15.5 Å². The summed E-state index contributed by atoms with van der Waals surface area (Å²) in [4.78, 5) is 0. The lowest BCUT2D eigenvalue weighted by Crippen LogP contribution is -2.34. The lowest BCUT2D eigenvalue weighted by atomic mass is 10.1. The first kappa shape index (κ1) is 15.4. The number of sulfone groups is 1. The van der Waals surface area contributed by atoms with Gasteiger partial charge in [-0.3, -0.25) is 0 Å². The maximum Gasteiger partial charge on any atom is 0.152 e. The van der Waals surface area contributed by atoms with E-state index in [0.29, 0.717) is 5.75 Å². The Morgan fingerprint density at radius 3 is 2.60 bits per heavy atom. The van der Waals surface area contributed by atoms with Gasteiger partial charge in [0, 0.05) is 11.7 Å². The number of hydrogen-bond donors (Lipinski definition) is 1. The molecule has 1 unspecified atom stereocenters. The minimum absolute atomic E-state index is 0.0692. The molecule has 0 radical (unpaired) electrons. The van der Waals surface area contributed by atoms with Crippen LogP contribution in [0.15, 0.2) is 24.3 Å². The normalized spacial score (nSPS) is 21.6. The highest BCUT2D eigenvalue weighted by Gasteiger charge is 2.24. The highest BCUT2D eigenvalue weighted by Crippen LogP contribution is 2.18. The van der Waals surface area contributed by atoms with Crippen molar-refractivity contribution in [2.45, 2.75) is 51.5 Å². The fraction of sp³-hybridized carbons (Fsp3) is 0.625. The first-order valence-electron chi connectivity index (χ1n) is 7.65. The Balaban J connectivity index is 1.87. The molecule has 3 nitrogen and oxygen atoms in total. The second-order valence-electron chi connectivity index (χ2n) is 5.75. The molecule has 1 aliphatic rings. The molecule has 1 aliphatic heterocycles. The Morgan fingerprint density at radius 1 is 1.20 bits per heavy atom. The van der Waals surface area contributed by atoms with Crippen LogP contribution < -0.4 is 5.32 Å². The number of benzene rings is 1. The van der Waals surface area contributed by atoms with Gasteiger partial charge in [0.05, 0.1) is 11.5 Å². The van der Waals surface area contributed by atoms with Crippen LogP contribution in [0.1, 0.15) is 44.6 Å². The summed E-state index contributed by atoms with van der Waals surface area (Å²) in [6, 6.07) is 8.51. The molecule has 1 atom stereocenters. The van der Waals surface area contributed by atoms with Crippen molar-refractivity contribution < 1.29 is 8.42 Å². The third-order valence-electron chi connectivity index (χ3n) is 3.86. The summed E-state index contributed by atoms with van der Waals surface area (Å²) in [5.41, 5.74) is 2.40. The van der Waals surface area contributed by atoms with Crippen LogP contribution in [0.4, 0.5) is 5.69 Å². The van der Waals surface area contributed by atoms with Gasteiger partial charge in [0.15, 0.2) is 9.84 Å². The molecule has 112 valence electrons. The standard InChI is InChI=1S/C16H25NO2S/c1-2-3-4-6-14-8-10-15(11-9-14)17-16-7-5-12-20(18,19)13-16/h8-11,16-17H,2-7,12-13H2,1H3. The average Bonchev–Trinajstić information content (AvgIpc) is 2.40. The van der Waals surface area contributed by atoms with Gasteiger partial charge in [0.1, 0.15) is 0 Å². The Kier molecular flexibility index (Phi) is 5.46. The number of unbranched alkanes of at least 4 members (excludes halogenated alkanes) is 2. The van der Waals surface area contributed by atoms with E-state index in [4.69, 9.17) is 0 Å². The van der Waals surface area contributed by atoms with Gasteiger partial charge in [-0.15, -0.1) is 0 Å². The van der Waals surface area contributed by atoms with E-state index in [9.17, 15) is 8.42 Å². The molecule has 0 bridgehead atoms. The fourth-order valence-corrected chi connectivity index (χ4v) is 4.36. The molecule has 0 saturated carbocycles. The number of hydrogen-bond acceptors (Lipinski definition) is 3. The van der Waals surface area contributed by atoms with Crippen LogP contribution in [0.3, 0.4) is 0 Å². The molecule has 0 aromatic heterocycles. The van der Waals surface area contributed by atoms with Gasteiger partial charge in [0.2, 0.25) is 0 Å². The Hall–Kier alpha value is -1.03. The topological polar surface area (TPSA) is 46.2 Å². The summed E-state index contributed by atoms with van der Waals surface area (Å²) in [6.45, 7) is 2.21. The van der Waals surface area contributed by atoms with E-state index in [0.717, 1.165) is 24.9 Å². The largest absolute Gasteiger partial charge is 0.381 e. The van der Waals surface area contributed by atoms with E-state index < -0.39 is 9.84 Å². The van der Waals surface area contributed by atoms with Crippen LogP contribution in [-0.4, -0.2) is 26.0 Å². The van der Waals surface area contributed by atoms with Gasteiger partial charge < -0.3 is 5.32 Å². The molecule has 20 heavy (non-hydrogen) atoms. The first-order valence-corrected chi connectivity index (χ1v) is 9.47. The van der Waals surface area contributed by atoms with Crippen LogP contribution in [0, 0.1) is 0 Å². The van der Waals surface area contributed by atoms with Gasteiger partial charge in [-0.2, -0.15) is 0 Å². The van der Waals surface area contributed by atoms with Crippen molar-refractivity contribution in [1.29, 1.82) is 0 Å². The van der Waals surface area contributed by atoms with Gasteiger partial charge >= 0.3 is 0 Å². The molecule has 1 aromatic carbocycles. The van der Waals surface area contributed by atoms with Gasteiger partial charge in [0.25, 0.3) is 0 Å². The minimum atomic E-state index is -2.84. The van der Waals surface area contributed by atoms with Crippen molar-refractivity contribution in [1.82, 2.24) is 0 Å². The van der Waals surface area contributed by atoms with E-state index in [1.165, 1.54) is 24.8 Å². The van der Waals surface area contributed by atoms with E-state index >= 15 is 0 Å². The SMILES string of the molecule is CCCCCc1ccc(NC2CCCS(=O)(=O)C2)cc1. The molecule has 1 aromatic rings. The molecule has 1 heterocycles. The number of rotatable bonds is 6. The molecule has 4 heteroatoms. The average molecular weight is 295 g/mol. The molecular weight excluding hydrogens is 270 g/mol. The monoisotopic (exact) mass is 295 g/mol. The molecule has 0 spiro atoms. The van der Waals surface area contributed by atoms with Crippen molar-refractivity contribution in [2.24, 2.45) is 0 Å². The lowest BCUT2D eigenvalue weighted by molar-refractivity contribution is 0.562. The third kappa shape index (κ3) is 4.82. The molecule has 1 N–H and O–H groups in total. The lowest BCUT2D eigenvalue weighted by Gasteiger charge is -2.24. The molecular formula is C16H25NO2S. The van der Waals surface area contributed by atoms with E-state index in [2.05, 4.69) is 36.5 Å². The molecule has 2 rings (SSSR count). The quantitative estimate of drug-likeness (QED) is 0.818. The zero-order valence-electron chi connectivity index (χ0n) is 12.3. The predicted molar refractivity (Wildman–Crippen MR) is 85.0 cm³/mol. The fourth-order valence-electron chi connectivity index (χ4n) is 2.72. The summed E-state index contributed by atoms with van der Waals surface area (Å²) in [5, 5.41) is 3.35. The second-order valence-corrected chi connectivity index (χ2v) is 7.98. The molecule has 0 aliphatic carbocycles. The Bertz CT molecular complexity index is 508. The molecule has 0 amide bonds. The van der Waals surface area contributed by atoms with Crippen LogP contribution in [0.25, 0.3) is 0 Å². The van der Waals surface area contributed by atoms with E-state index in [-0.39, 0.29) is 11.8 Å². The Labute approximate surface area is 122 Å². The summed E-state index contributed by atoms with van der Waals surface area (Å²) >= 11 is 0. The predicted octanol–water partition coefficient (Wildman–Crippen LogP) is 3.41. The van der Waals surface area contributed by atoms with Gasteiger partial charge in [-0.25, -0.2) is 8.42 Å². The zero-order chi connectivity index (χ0) is 14.4. The first-order chi connectivity index (χ1) is 9.59. The maximum atomic E-state index is 11.6. The summed E-state index contributed by atoms with van der Waals surface area (Å²) in [5.74, 6) is 0.618. The highest BCUT2D eigenvalue weighted by atomic mass is 32.2. The van der Waals surface area contributed by atoms with Crippen LogP contribution >= 0.6 is 0 Å². The van der Waals surface area contributed by atoms with Gasteiger partial charge in [-0.05, 0) is 43.4 Å². The number of aryl methyl sites for hydroxylation is 1. The third-order valence-corrected chi connectivity index (χ3v) is 5.68. The van der Waals surface area contributed by atoms with Crippen molar-refractivity contribution in [3.05, 3.63) is 29.8 Å². The Morgan fingerprint density at radius 2 is 1.95 bits per heavy atom. The number of anilines is 1. The van der Waals surface area contributed by atoms with Crippen molar-refractivity contribution in [3.8, 4) is 0 Å². The van der Waals surface area contributed by atoms with E-state index in [1.807, 2.05) is 0 Å². The van der Waals surface area contributed by atoms with Gasteiger partial charge in [-0.1, -0.05) is 31.9 Å². The maximum absolute atomic E-state index is 11.6. The number of nitrogens with one attached hydrogen (secondary N) is 1. The van der Waals surface area contributed by atoms with Crippen molar-refractivity contribution in [2.75, 3.05) is 16.8 Å². The highest BCUT2D eigenvalue weighted by molar-refractivity contribution is 7.91. The smallest absolute Gasteiger partial charge is 0.152 e.